The Morgan fingerprint density at radius 3 is 3.09 bits per heavy atom. The molecule has 0 N–H and O–H groups in total. The van der Waals surface area contributed by atoms with Gasteiger partial charge < -0.3 is 0 Å². The van der Waals surface area contributed by atoms with Gasteiger partial charge in [0.1, 0.15) is 0 Å². The number of aromatic nitrogens is 2. The zero-order valence-corrected chi connectivity index (χ0v) is 7.67. The van der Waals surface area contributed by atoms with Gasteiger partial charge in [0.05, 0.1) is 27.9 Å². The molecule has 0 aliphatic heterocycles. The Labute approximate surface area is 73.2 Å². The lowest BCUT2D eigenvalue weighted by atomic mass is 10.2. The van der Waals surface area contributed by atoms with E-state index in [-0.39, 0.29) is 0 Å². The molecule has 2 aromatic rings. The summed E-state index contributed by atoms with van der Waals surface area (Å²) in [5.74, 6) is 0. The first kappa shape index (κ1) is 6.85. The van der Waals surface area contributed by atoms with Gasteiger partial charge in [-0.15, -0.1) is 0 Å². The number of aryl methyl sites for hydroxylation is 1. The molecule has 0 aliphatic rings. The van der Waals surface area contributed by atoms with Crippen molar-refractivity contribution in [1.29, 1.82) is 0 Å². The summed E-state index contributed by atoms with van der Waals surface area (Å²) in [6.45, 7) is 2.07. The van der Waals surface area contributed by atoms with E-state index in [1.807, 2.05) is 12.3 Å². The number of hydrogen-bond acceptors (Lipinski definition) is 1. The van der Waals surface area contributed by atoms with Crippen LogP contribution in [0.5, 0.6) is 0 Å². The average Bonchev–Trinajstić information content (AvgIpc) is 2.32. The average molecular weight is 211 g/mol. The van der Waals surface area contributed by atoms with Gasteiger partial charge in [-0.2, -0.15) is 8.81 Å². The van der Waals surface area contributed by atoms with Gasteiger partial charge in [-0.3, -0.25) is 0 Å². The van der Waals surface area contributed by atoms with Crippen LogP contribution in [0.15, 0.2) is 24.4 Å². The molecule has 0 radical (unpaired) electrons. The van der Waals surface area contributed by atoms with Gasteiger partial charge in [-0.25, -0.2) is 0 Å². The largest absolute Gasteiger partial charge is 0.197 e. The highest BCUT2D eigenvalue weighted by atomic mass is 79.9. The molecule has 11 heavy (non-hydrogen) atoms. The molecule has 2 rings (SSSR count). The second-order valence-electron chi connectivity index (χ2n) is 2.57. The Bertz CT molecular complexity index is 392. The van der Waals surface area contributed by atoms with Crippen LogP contribution in [0.3, 0.4) is 0 Å². The lowest BCUT2D eigenvalue weighted by Gasteiger charge is -1.92. The number of hydrogen-bond donors (Lipinski definition) is 0. The predicted molar refractivity (Wildman–Crippen MR) is 48.8 cm³/mol. The molecule has 0 amide bonds. The van der Waals surface area contributed by atoms with Crippen LogP contribution in [0, 0.1) is 6.92 Å². The monoisotopic (exact) mass is 210 g/mol. The van der Waals surface area contributed by atoms with Crippen molar-refractivity contribution in [2.75, 3.05) is 0 Å². The van der Waals surface area contributed by atoms with E-state index in [1.165, 1.54) is 10.9 Å². The van der Waals surface area contributed by atoms with E-state index in [0.29, 0.717) is 0 Å². The zero-order chi connectivity index (χ0) is 7.84. The molecule has 0 spiro atoms. The molecule has 1 aromatic heterocycles. The van der Waals surface area contributed by atoms with Gasteiger partial charge in [-0.05, 0) is 19.1 Å². The highest BCUT2D eigenvalue weighted by molar-refractivity contribution is 9.08. The summed E-state index contributed by atoms with van der Waals surface area (Å²) >= 11 is 3.30. The van der Waals surface area contributed by atoms with Crippen LogP contribution in [0.1, 0.15) is 5.56 Å². The first-order valence-electron chi connectivity index (χ1n) is 3.38. The smallest absolute Gasteiger partial charge is 0.0813 e. The number of fused-ring (bicyclic) bond motifs is 1. The third-order valence-electron chi connectivity index (χ3n) is 1.68. The van der Waals surface area contributed by atoms with E-state index in [9.17, 15) is 0 Å². The summed E-state index contributed by atoms with van der Waals surface area (Å²) in [5.41, 5.74) is 2.37. The van der Waals surface area contributed by atoms with Gasteiger partial charge in [0.25, 0.3) is 0 Å². The van der Waals surface area contributed by atoms with Crippen LogP contribution in [-0.2, 0) is 0 Å². The van der Waals surface area contributed by atoms with Crippen molar-refractivity contribution in [1.82, 2.24) is 8.81 Å². The van der Waals surface area contributed by atoms with Crippen molar-refractivity contribution in [3.8, 4) is 0 Å². The maximum atomic E-state index is 4.07. The molecule has 56 valence electrons. The second kappa shape index (κ2) is 2.34. The minimum Gasteiger partial charge on any atom is -0.197 e. The molecule has 0 aliphatic carbocycles. The second-order valence-corrected chi connectivity index (χ2v) is 3.24. The van der Waals surface area contributed by atoms with Crippen LogP contribution in [0.25, 0.3) is 10.9 Å². The fourth-order valence-corrected chi connectivity index (χ4v) is 1.54. The standard InChI is InChI=1S/C8H7BrN2/c1-6-2-3-8-7(4-6)5-10-11(8)9/h2-5H,1H3. The van der Waals surface area contributed by atoms with Crippen LogP contribution in [0.4, 0.5) is 0 Å². The highest BCUT2D eigenvalue weighted by Gasteiger charge is 1.98. The minimum absolute atomic E-state index is 1.11. The lowest BCUT2D eigenvalue weighted by molar-refractivity contribution is 1.06. The maximum absolute atomic E-state index is 4.07. The number of benzene rings is 1. The first-order chi connectivity index (χ1) is 5.27. The topological polar surface area (TPSA) is 17.8 Å². The van der Waals surface area contributed by atoms with E-state index in [1.54, 1.807) is 3.71 Å². The third kappa shape index (κ3) is 1.05. The van der Waals surface area contributed by atoms with Gasteiger partial charge in [0, 0.05) is 5.39 Å². The van der Waals surface area contributed by atoms with Gasteiger partial charge >= 0.3 is 0 Å². The summed E-state index contributed by atoms with van der Waals surface area (Å²) < 4.78 is 1.70. The van der Waals surface area contributed by atoms with Crippen LogP contribution in [0.2, 0.25) is 0 Å². The molecular weight excluding hydrogens is 204 g/mol. The molecule has 0 fully saturated rings. The lowest BCUT2D eigenvalue weighted by Crippen LogP contribution is -1.79. The number of nitrogens with zero attached hydrogens (tertiary/aromatic N) is 2. The molecule has 0 saturated heterocycles. The van der Waals surface area contributed by atoms with E-state index < -0.39 is 0 Å². The van der Waals surface area contributed by atoms with E-state index in [2.05, 4.69) is 40.3 Å². The molecule has 0 bridgehead atoms. The van der Waals surface area contributed by atoms with Crippen molar-refractivity contribution < 1.29 is 0 Å². The quantitative estimate of drug-likeness (QED) is 0.654. The minimum atomic E-state index is 1.11. The summed E-state index contributed by atoms with van der Waals surface area (Å²) in [7, 11) is 0. The summed E-state index contributed by atoms with van der Waals surface area (Å²) in [5, 5.41) is 5.24. The Hall–Kier alpha value is -0.830. The number of halogens is 1. The molecule has 1 aromatic carbocycles. The molecule has 0 unspecified atom stereocenters. The van der Waals surface area contributed by atoms with Crippen molar-refractivity contribution in [3.05, 3.63) is 30.0 Å². The van der Waals surface area contributed by atoms with Crippen molar-refractivity contribution in [2.24, 2.45) is 0 Å². The molecular formula is C8H7BrN2. The first-order valence-corrected chi connectivity index (χ1v) is 4.09. The molecule has 0 saturated carbocycles. The van der Waals surface area contributed by atoms with Gasteiger partial charge in [0.2, 0.25) is 0 Å². The summed E-state index contributed by atoms with van der Waals surface area (Å²) in [6.07, 6.45) is 1.84. The Morgan fingerprint density at radius 1 is 1.45 bits per heavy atom. The molecule has 2 nitrogen and oxygen atoms in total. The molecule has 3 heteroatoms. The maximum Gasteiger partial charge on any atom is 0.0813 e. The van der Waals surface area contributed by atoms with Crippen LogP contribution >= 0.6 is 16.1 Å². The third-order valence-corrected chi connectivity index (χ3v) is 2.25. The summed E-state index contributed by atoms with van der Waals surface area (Å²) in [4.78, 5) is 0. The molecule has 0 atom stereocenters. The fourth-order valence-electron chi connectivity index (χ4n) is 1.12. The normalized spacial score (nSPS) is 10.7. The Balaban J connectivity index is 2.86. The molecule has 1 heterocycles. The Kier molecular flexibility index (Phi) is 1.46. The van der Waals surface area contributed by atoms with Crippen LogP contribution < -0.4 is 0 Å². The SMILES string of the molecule is Cc1ccc2c(cnn2Br)c1. The van der Waals surface area contributed by atoms with Gasteiger partial charge in [-0.1, -0.05) is 11.6 Å². The van der Waals surface area contributed by atoms with E-state index in [4.69, 9.17) is 0 Å². The number of rotatable bonds is 0. The Morgan fingerprint density at radius 2 is 2.27 bits per heavy atom. The predicted octanol–water partition coefficient (Wildman–Crippen LogP) is 2.50. The van der Waals surface area contributed by atoms with Crippen molar-refractivity contribution in [2.45, 2.75) is 6.92 Å². The van der Waals surface area contributed by atoms with Crippen molar-refractivity contribution >= 4 is 27.1 Å². The fraction of sp³-hybridized carbons (Fsp3) is 0.125. The summed E-state index contributed by atoms with van der Waals surface area (Å²) in [6, 6.07) is 6.23. The van der Waals surface area contributed by atoms with Crippen molar-refractivity contribution in [3.63, 3.8) is 0 Å². The van der Waals surface area contributed by atoms with E-state index >= 15 is 0 Å². The van der Waals surface area contributed by atoms with Crippen LogP contribution in [-0.4, -0.2) is 8.81 Å². The van der Waals surface area contributed by atoms with Gasteiger partial charge in [0.15, 0.2) is 0 Å². The van der Waals surface area contributed by atoms with E-state index in [0.717, 1.165) is 5.52 Å². The highest BCUT2D eigenvalue weighted by Crippen LogP contribution is 2.16. The zero-order valence-electron chi connectivity index (χ0n) is 6.08.